The summed E-state index contributed by atoms with van der Waals surface area (Å²) in [4.78, 5) is 11.2. The largest absolute Gasteiger partial charge is 0.481 e. The maximum atomic E-state index is 11.2. The summed E-state index contributed by atoms with van der Waals surface area (Å²) in [6.45, 7) is 13.7. The predicted octanol–water partition coefficient (Wildman–Crippen LogP) is 4.60. The van der Waals surface area contributed by atoms with Crippen LogP contribution in [0.2, 0.25) is 18.1 Å². The van der Waals surface area contributed by atoms with Crippen LogP contribution in [0.5, 0.6) is 0 Å². The average Bonchev–Trinajstić information content (AvgIpc) is 2.64. The summed E-state index contributed by atoms with van der Waals surface area (Å²) in [6.07, 6.45) is 6.00. The Morgan fingerprint density at radius 1 is 1.38 bits per heavy atom. The summed E-state index contributed by atoms with van der Waals surface area (Å²) in [5.74, 6) is -0.974. The van der Waals surface area contributed by atoms with Gasteiger partial charge in [-0.25, -0.2) is 0 Å². The molecule has 0 amide bonds. The lowest BCUT2D eigenvalue weighted by Crippen LogP contribution is -2.47. The second-order valence-corrected chi connectivity index (χ2v) is 13.3. The van der Waals surface area contributed by atoms with Gasteiger partial charge < -0.3 is 9.53 Å². The van der Waals surface area contributed by atoms with Crippen molar-refractivity contribution in [3.63, 3.8) is 0 Å². The zero-order valence-corrected chi connectivity index (χ0v) is 15.3. The molecule has 3 nitrogen and oxygen atoms in total. The Morgan fingerprint density at radius 2 is 2.00 bits per heavy atom. The van der Waals surface area contributed by atoms with Crippen LogP contribution in [0.3, 0.4) is 0 Å². The van der Waals surface area contributed by atoms with Crippen LogP contribution in [0, 0.1) is 11.3 Å². The molecule has 120 valence electrons. The van der Waals surface area contributed by atoms with Crippen molar-refractivity contribution < 1.29 is 14.3 Å². The van der Waals surface area contributed by atoms with Gasteiger partial charge in [0.15, 0.2) is 8.32 Å². The van der Waals surface area contributed by atoms with Crippen LogP contribution in [0.15, 0.2) is 11.6 Å². The zero-order chi connectivity index (χ0) is 16.1. The molecule has 2 aliphatic rings. The summed E-state index contributed by atoms with van der Waals surface area (Å²) in [5, 5.41) is 9.45. The second-order valence-electron chi connectivity index (χ2n) is 8.50. The van der Waals surface area contributed by atoms with Crippen molar-refractivity contribution in [2.24, 2.45) is 11.3 Å². The van der Waals surface area contributed by atoms with Gasteiger partial charge in [0.05, 0.1) is 12.0 Å². The highest BCUT2D eigenvalue weighted by atomic mass is 28.4. The number of carboxylic acid groups (broad SMARTS) is 1. The van der Waals surface area contributed by atoms with Crippen molar-refractivity contribution in [1.82, 2.24) is 0 Å². The van der Waals surface area contributed by atoms with Gasteiger partial charge in [-0.05, 0) is 43.8 Å². The van der Waals surface area contributed by atoms with Gasteiger partial charge in [-0.1, -0.05) is 39.3 Å². The molecule has 0 aromatic rings. The lowest BCUT2D eigenvalue weighted by Gasteiger charge is -2.44. The SMILES string of the molecule is CC(C)(C)[Si](C)(C)O[C@H]1CCC2=C[C@@H](C(=O)O)CC[C@@]21C. The Morgan fingerprint density at radius 3 is 2.52 bits per heavy atom. The predicted molar refractivity (Wildman–Crippen MR) is 87.9 cm³/mol. The highest BCUT2D eigenvalue weighted by Gasteiger charge is 2.50. The molecule has 0 bridgehead atoms. The number of fused-ring (bicyclic) bond motifs is 1. The minimum absolute atomic E-state index is 0.0570. The van der Waals surface area contributed by atoms with Crippen LogP contribution in [-0.4, -0.2) is 25.5 Å². The summed E-state index contributed by atoms with van der Waals surface area (Å²) >= 11 is 0. The highest BCUT2D eigenvalue weighted by Crippen LogP contribution is 2.53. The average molecular weight is 311 g/mol. The molecular weight excluding hydrogens is 280 g/mol. The second kappa shape index (κ2) is 5.23. The van der Waals surface area contributed by atoms with Crippen LogP contribution in [0.4, 0.5) is 0 Å². The van der Waals surface area contributed by atoms with E-state index >= 15 is 0 Å². The first kappa shape index (κ1) is 16.8. The van der Waals surface area contributed by atoms with Crippen molar-refractivity contribution in [3.8, 4) is 0 Å². The molecule has 1 saturated carbocycles. The van der Waals surface area contributed by atoms with Crippen molar-refractivity contribution in [3.05, 3.63) is 11.6 Å². The van der Waals surface area contributed by atoms with Gasteiger partial charge in [-0.2, -0.15) is 0 Å². The van der Waals surface area contributed by atoms with Crippen molar-refractivity contribution in [2.45, 2.75) is 77.6 Å². The smallest absolute Gasteiger partial charge is 0.310 e. The molecule has 0 spiro atoms. The van der Waals surface area contributed by atoms with Crippen LogP contribution in [0.1, 0.15) is 53.4 Å². The Hall–Kier alpha value is -0.613. The third kappa shape index (κ3) is 2.97. The molecular formula is C17H30O3Si. The molecule has 2 rings (SSSR count). The summed E-state index contributed by atoms with van der Waals surface area (Å²) in [7, 11) is -1.78. The molecule has 0 saturated heterocycles. The van der Waals surface area contributed by atoms with E-state index in [-0.39, 0.29) is 22.5 Å². The molecule has 2 aliphatic carbocycles. The minimum Gasteiger partial charge on any atom is -0.481 e. The number of carbonyl (C=O) groups is 1. The van der Waals surface area contributed by atoms with E-state index < -0.39 is 14.3 Å². The fourth-order valence-electron chi connectivity index (χ4n) is 3.39. The number of hydrogen-bond acceptors (Lipinski definition) is 2. The maximum Gasteiger partial charge on any atom is 0.310 e. The van der Waals surface area contributed by atoms with Crippen LogP contribution in [0.25, 0.3) is 0 Å². The van der Waals surface area contributed by atoms with Crippen LogP contribution >= 0.6 is 0 Å². The van der Waals surface area contributed by atoms with Crippen molar-refractivity contribution in [1.29, 1.82) is 0 Å². The lowest BCUT2D eigenvalue weighted by atomic mass is 9.72. The lowest BCUT2D eigenvalue weighted by molar-refractivity contribution is -0.140. The van der Waals surface area contributed by atoms with Crippen LogP contribution in [-0.2, 0) is 9.22 Å². The van der Waals surface area contributed by atoms with Gasteiger partial charge >= 0.3 is 5.97 Å². The summed E-state index contributed by atoms with van der Waals surface area (Å²) in [5.41, 5.74) is 1.38. The van der Waals surface area contributed by atoms with Gasteiger partial charge in [-0.15, -0.1) is 0 Å². The van der Waals surface area contributed by atoms with Gasteiger partial charge in [0.2, 0.25) is 0 Å². The highest BCUT2D eigenvalue weighted by molar-refractivity contribution is 6.74. The molecule has 0 aromatic heterocycles. The van der Waals surface area contributed by atoms with E-state index in [0.29, 0.717) is 0 Å². The van der Waals surface area contributed by atoms with Gasteiger partial charge in [-0.3, -0.25) is 4.79 Å². The Kier molecular flexibility index (Phi) is 4.18. The summed E-state index contributed by atoms with van der Waals surface area (Å²) in [6, 6.07) is 0. The van der Waals surface area contributed by atoms with E-state index in [1.54, 1.807) is 0 Å². The van der Waals surface area contributed by atoms with E-state index in [4.69, 9.17) is 4.43 Å². The Labute approximate surface area is 129 Å². The number of rotatable bonds is 3. The third-order valence-electron chi connectivity index (χ3n) is 6.06. The van der Waals surface area contributed by atoms with E-state index in [0.717, 1.165) is 25.7 Å². The molecule has 0 aromatic carbocycles. The standard InChI is InChI=1S/C17H30O3Si/c1-16(2,3)21(5,6)20-14-8-7-13-11-12(15(18)19)9-10-17(13,14)4/h11-12,14H,7-10H2,1-6H3,(H,18,19)/t12-,14-,17-/m0/s1. The van der Waals surface area contributed by atoms with Crippen LogP contribution < -0.4 is 0 Å². The van der Waals surface area contributed by atoms with Gasteiger partial charge in [0.25, 0.3) is 0 Å². The minimum atomic E-state index is -1.78. The van der Waals surface area contributed by atoms with E-state index in [1.165, 1.54) is 5.57 Å². The summed E-state index contributed by atoms with van der Waals surface area (Å²) < 4.78 is 6.68. The first-order chi connectivity index (χ1) is 9.47. The normalized spacial score (nSPS) is 33.5. The van der Waals surface area contributed by atoms with Crippen molar-refractivity contribution in [2.75, 3.05) is 0 Å². The Balaban J connectivity index is 2.20. The zero-order valence-electron chi connectivity index (χ0n) is 14.3. The number of aliphatic carboxylic acids is 1. The van der Waals surface area contributed by atoms with E-state index in [9.17, 15) is 9.90 Å². The first-order valence-corrected chi connectivity index (χ1v) is 11.0. The molecule has 4 heteroatoms. The molecule has 0 radical (unpaired) electrons. The third-order valence-corrected chi connectivity index (χ3v) is 10.5. The van der Waals surface area contributed by atoms with E-state index in [2.05, 4.69) is 40.8 Å². The molecule has 21 heavy (non-hydrogen) atoms. The van der Waals surface area contributed by atoms with Gasteiger partial charge in [0.1, 0.15) is 0 Å². The van der Waals surface area contributed by atoms with Crippen molar-refractivity contribution >= 4 is 14.3 Å². The first-order valence-electron chi connectivity index (χ1n) is 8.09. The fourth-order valence-corrected chi connectivity index (χ4v) is 4.83. The molecule has 0 unspecified atom stereocenters. The number of hydrogen-bond donors (Lipinski definition) is 1. The molecule has 1 fully saturated rings. The maximum absolute atomic E-state index is 11.2. The number of carboxylic acids is 1. The fraction of sp³-hybridized carbons (Fsp3) is 0.824. The van der Waals surface area contributed by atoms with E-state index in [1.807, 2.05) is 6.08 Å². The molecule has 1 N–H and O–H groups in total. The van der Waals surface area contributed by atoms with Gasteiger partial charge in [0, 0.05) is 5.41 Å². The molecule has 0 aliphatic heterocycles. The topological polar surface area (TPSA) is 46.5 Å². The molecule has 0 heterocycles. The quantitative estimate of drug-likeness (QED) is 0.612. The molecule has 3 atom stereocenters. The monoisotopic (exact) mass is 310 g/mol. The Bertz CT molecular complexity index is 461.